The number of rotatable bonds is 6. The van der Waals surface area contributed by atoms with Gasteiger partial charge in [-0.3, -0.25) is 4.79 Å². The monoisotopic (exact) mass is 488 g/mol. The van der Waals surface area contributed by atoms with Crippen molar-refractivity contribution in [2.24, 2.45) is 11.3 Å². The van der Waals surface area contributed by atoms with Crippen molar-refractivity contribution in [1.29, 1.82) is 0 Å². The number of piperidine rings is 1. The topological polar surface area (TPSA) is 67.9 Å². The second-order valence-electron chi connectivity index (χ2n) is 8.74. The van der Waals surface area contributed by atoms with Crippen LogP contribution in [0.1, 0.15) is 39.2 Å². The largest absolute Gasteiger partial charge is 0.489 e. The van der Waals surface area contributed by atoms with E-state index in [0.717, 1.165) is 10.0 Å². The van der Waals surface area contributed by atoms with Crippen LogP contribution in [0.2, 0.25) is 0 Å². The van der Waals surface area contributed by atoms with Gasteiger partial charge in [0.25, 0.3) is 0 Å². The minimum absolute atomic E-state index is 0.0392. The summed E-state index contributed by atoms with van der Waals surface area (Å²) in [4.78, 5) is 30.3. The summed E-state index contributed by atoms with van der Waals surface area (Å²) in [5.41, 5.74) is 1.21. The van der Waals surface area contributed by atoms with Crippen LogP contribution >= 0.6 is 15.9 Å². The SMILES string of the molecule is CC(C)(C)C(=O)ON1CCC(C(=O)Nc2cc(OCc3ccccc3)ccc2Br)CC1. The van der Waals surface area contributed by atoms with E-state index >= 15 is 0 Å². The Morgan fingerprint density at radius 3 is 2.42 bits per heavy atom. The standard InChI is InChI=1S/C24H29BrN2O4/c1-24(2,3)23(29)31-27-13-11-18(12-14-27)22(28)26-21-15-19(9-10-20(21)25)30-16-17-7-5-4-6-8-17/h4-10,15,18H,11-14,16H2,1-3H3,(H,26,28). The van der Waals surface area contributed by atoms with Crippen molar-refractivity contribution in [2.45, 2.75) is 40.2 Å². The second-order valence-corrected chi connectivity index (χ2v) is 9.59. The van der Waals surface area contributed by atoms with Crippen LogP contribution in [0.4, 0.5) is 5.69 Å². The van der Waals surface area contributed by atoms with Gasteiger partial charge in [-0.1, -0.05) is 30.3 Å². The Morgan fingerprint density at radius 2 is 1.77 bits per heavy atom. The van der Waals surface area contributed by atoms with E-state index < -0.39 is 5.41 Å². The van der Waals surface area contributed by atoms with Crippen LogP contribution in [0.5, 0.6) is 5.75 Å². The molecule has 31 heavy (non-hydrogen) atoms. The molecule has 0 spiro atoms. The lowest BCUT2D eigenvalue weighted by atomic mass is 9.96. The summed E-state index contributed by atoms with van der Waals surface area (Å²) >= 11 is 3.50. The lowest BCUT2D eigenvalue weighted by molar-refractivity contribution is -0.205. The first kappa shape index (κ1) is 23.3. The maximum atomic E-state index is 12.8. The third kappa shape index (κ3) is 6.80. The van der Waals surface area contributed by atoms with Crippen LogP contribution in [-0.2, 0) is 21.0 Å². The van der Waals surface area contributed by atoms with Gasteiger partial charge in [-0.05, 0) is 67.2 Å². The number of halogens is 1. The molecule has 1 heterocycles. The molecule has 2 aromatic rings. The quantitative estimate of drug-likeness (QED) is 0.606. The predicted octanol–water partition coefficient (Wildman–Crippen LogP) is 5.18. The average molecular weight is 489 g/mol. The number of amides is 1. The fourth-order valence-corrected chi connectivity index (χ4v) is 3.47. The summed E-state index contributed by atoms with van der Waals surface area (Å²) < 4.78 is 6.66. The maximum absolute atomic E-state index is 12.8. The van der Waals surface area contributed by atoms with Gasteiger partial charge in [0.2, 0.25) is 5.91 Å². The van der Waals surface area contributed by atoms with Gasteiger partial charge in [0.15, 0.2) is 0 Å². The van der Waals surface area contributed by atoms with Gasteiger partial charge in [0.05, 0.1) is 11.1 Å². The number of hydroxylamine groups is 2. The summed E-state index contributed by atoms with van der Waals surface area (Å²) in [5, 5.41) is 4.66. The Morgan fingerprint density at radius 1 is 1.10 bits per heavy atom. The minimum atomic E-state index is -0.548. The molecule has 6 nitrogen and oxygen atoms in total. The molecular weight excluding hydrogens is 460 g/mol. The molecule has 1 aliphatic rings. The third-order valence-electron chi connectivity index (χ3n) is 5.09. The molecule has 1 aliphatic heterocycles. The number of anilines is 1. The highest BCUT2D eigenvalue weighted by molar-refractivity contribution is 9.10. The van der Waals surface area contributed by atoms with Crippen LogP contribution < -0.4 is 10.1 Å². The highest BCUT2D eigenvalue weighted by Crippen LogP contribution is 2.29. The smallest absolute Gasteiger partial charge is 0.330 e. The van der Waals surface area contributed by atoms with Crippen molar-refractivity contribution < 1.29 is 19.2 Å². The van der Waals surface area contributed by atoms with Crippen LogP contribution in [0.3, 0.4) is 0 Å². The first-order chi connectivity index (χ1) is 14.7. The molecule has 0 bridgehead atoms. The van der Waals surface area contributed by atoms with Gasteiger partial charge in [-0.25, -0.2) is 4.79 Å². The summed E-state index contributed by atoms with van der Waals surface area (Å²) in [5.74, 6) is 0.256. The van der Waals surface area contributed by atoms with E-state index in [0.29, 0.717) is 44.0 Å². The zero-order valence-electron chi connectivity index (χ0n) is 18.2. The first-order valence-corrected chi connectivity index (χ1v) is 11.3. The highest BCUT2D eigenvalue weighted by atomic mass is 79.9. The van der Waals surface area contributed by atoms with E-state index in [1.165, 1.54) is 0 Å². The predicted molar refractivity (Wildman–Crippen MR) is 123 cm³/mol. The number of carbonyl (C=O) groups excluding carboxylic acids is 2. The number of nitrogens with zero attached hydrogens (tertiary/aromatic N) is 1. The molecule has 1 amide bonds. The van der Waals surface area contributed by atoms with Crippen molar-refractivity contribution in [1.82, 2.24) is 5.06 Å². The lowest BCUT2D eigenvalue weighted by Gasteiger charge is -2.31. The van der Waals surface area contributed by atoms with Crippen molar-refractivity contribution in [3.8, 4) is 5.75 Å². The van der Waals surface area contributed by atoms with Gasteiger partial charge >= 0.3 is 5.97 Å². The average Bonchev–Trinajstić information content (AvgIpc) is 2.75. The zero-order valence-corrected chi connectivity index (χ0v) is 19.8. The molecule has 2 aromatic carbocycles. The Bertz CT molecular complexity index is 904. The van der Waals surface area contributed by atoms with E-state index in [-0.39, 0.29) is 17.8 Å². The van der Waals surface area contributed by atoms with E-state index in [1.54, 1.807) is 5.06 Å². The Kier molecular flexibility index (Phi) is 7.73. The van der Waals surface area contributed by atoms with E-state index in [1.807, 2.05) is 69.3 Å². The van der Waals surface area contributed by atoms with Crippen LogP contribution in [0, 0.1) is 11.3 Å². The van der Waals surface area contributed by atoms with Gasteiger partial charge < -0.3 is 14.9 Å². The Balaban J connectivity index is 1.53. The van der Waals surface area contributed by atoms with Crippen LogP contribution in [0.15, 0.2) is 53.0 Å². The van der Waals surface area contributed by atoms with E-state index in [4.69, 9.17) is 9.57 Å². The maximum Gasteiger partial charge on any atom is 0.330 e. The van der Waals surface area contributed by atoms with Gasteiger partial charge in [-0.15, -0.1) is 5.06 Å². The molecule has 7 heteroatoms. The normalized spacial score (nSPS) is 15.4. The highest BCUT2D eigenvalue weighted by Gasteiger charge is 2.30. The third-order valence-corrected chi connectivity index (χ3v) is 5.78. The molecule has 1 fully saturated rings. The zero-order chi connectivity index (χ0) is 22.4. The van der Waals surface area contributed by atoms with Crippen molar-refractivity contribution >= 4 is 33.5 Å². The molecule has 0 atom stereocenters. The number of benzene rings is 2. The fourth-order valence-electron chi connectivity index (χ4n) is 3.13. The molecule has 0 unspecified atom stereocenters. The summed E-state index contributed by atoms with van der Waals surface area (Å²) in [7, 11) is 0. The molecule has 0 aromatic heterocycles. The second kappa shape index (κ2) is 10.3. The Labute approximate surface area is 192 Å². The molecule has 0 aliphatic carbocycles. The van der Waals surface area contributed by atoms with Crippen molar-refractivity contribution in [3.63, 3.8) is 0 Å². The number of carbonyl (C=O) groups is 2. The van der Waals surface area contributed by atoms with Gasteiger partial charge in [0.1, 0.15) is 12.4 Å². The number of hydrogen-bond donors (Lipinski definition) is 1. The minimum Gasteiger partial charge on any atom is -0.489 e. The fraction of sp³-hybridized carbons (Fsp3) is 0.417. The van der Waals surface area contributed by atoms with Crippen molar-refractivity contribution in [3.05, 3.63) is 58.6 Å². The number of nitrogens with one attached hydrogen (secondary N) is 1. The number of hydrogen-bond acceptors (Lipinski definition) is 5. The molecule has 166 valence electrons. The summed E-state index contributed by atoms with van der Waals surface area (Å²) in [6.07, 6.45) is 1.26. The van der Waals surface area contributed by atoms with Gasteiger partial charge in [0, 0.05) is 29.5 Å². The molecule has 1 saturated heterocycles. The molecule has 0 radical (unpaired) electrons. The summed E-state index contributed by atoms with van der Waals surface area (Å²) in [6, 6.07) is 15.5. The molecule has 3 rings (SSSR count). The molecule has 0 saturated carbocycles. The molecular formula is C24H29BrN2O4. The van der Waals surface area contributed by atoms with Crippen LogP contribution in [-0.4, -0.2) is 30.0 Å². The lowest BCUT2D eigenvalue weighted by Crippen LogP contribution is -2.41. The van der Waals surface area contributed by atoms with Gasteiger partial charge in [-0.2, -0.15) is 0 Å². The summed E-state index contributed by atoms with van der Waals surface area (Å²) in [6.45, 7) is 7.02. The number of ether oxygens (including phenoxy) is 1. The van der Waals surface area contributed by atoms with E-state index in [2.05, 4.69) is 21.2 Å². The van der Waals surface area contributed by atoms with Crippen molar-refractivity contribution in [2.75, 3.05) is 18.4 Å². The van der Waals surface area contributed by atoms with E-state index in [9.17, 15) is 9.59 Å². The first-order valence-electron chi connectivity index (χ1n) is 10.5. The molecule has 1 N–H and O–H groups in total. The van der Waals surface area contributed by atoms with Crippen LogP contribution in [0.25, 0.3) is 0 Å². The Hall–Kier alpha value is -2.38.